The van der Waals surface area contributed by atoms with Gasteiger partial charge in [-0.25, -0.2) is 14.6 Å². The van der Waals surface area contributed by atoms with Crippen LogP contribution in [0.15, 0.2) is 18.2 Å². The van der Waals surface area contributed by atoms with E-state index in [1.165, 1.54) is 11.2 Å². The highest BCUT2D eigenvalue weighted by Gasteiger charge is 2.30. The van der Waals surface area contributed by atoms with Gasteiger partial charge in [-0.2, -0.15) is 5.10 Å². The quantitative estimate of drug-likeness (QED) is 0.793. The van der Waals surface area contributed by atoms with E-state index in [0.29, 0.717) is 5.92 Å². The van der Waals surface area contributed by atoms with Crippen LogP contribution in [-0.4, -0.2) is 62.1 Å². The summed E-state index contributed by atoms with van der Waals surface area (Å²) < 4.78 is 1.62. The summed E-state index contributed by atoms with van der Waals surface area (Å²) in [6, 6.07) is -0.288. The Bertz CT molecular complexity index is 670. The number of likely N-dealkylation sites (tertiary alicyclic amines) is 1. The number of carbonyl (C=O) groups is 1. The molecule has 1 amide bonds. The van der Waals surface area contributed by atoms with Crippen LogP contribution in [0.4, 0.5) is 0 Å². The number of aryl methyl sites for hydroxylation is 1. The summed E-state index contributed by atoms with van der Waals surface area (Å²) in [5.41, 5.74) is 3.02. The van der Waals surface area contributed by atoms with Crippen LogP contribution in [-0.2, 0) is 11.3 Å². The summed E-state index contributed by atoms with van der Waals surface area (Å²) in [4.78, 5) is 26.4. The number of nitrogens with zero attached hydrogens (tertiary/aromatic N) is 6. The number of rotatable bonds is 6. The monoisotopic (exact) mass is 348 g/mol. The maximum Gasteiger partial charge on any atom is 0.247 e. The minimum atomic E-state index is -0.288. The average molecular weight is 348 g/mol. The van der Waals surface area contributed by atoms with Crippen LogP contribution in [0.2, 0.25) is 0 Å². The summed E-state index contributed by atoms with van der Waals surface area (Å²) in [6.07, 6.45) is 4.12. The third-order valence-corrected chi connectivity index (χ3v) is 5.54. The molecule has 3 heterocycles. The van der Waals surface area contributed by atoms with E-state index >= 15 is 0 Å². The zero-order valence-corrected chi connectivity index (χ0v) is 15.2. The van der Waals surface area contributed by atoms with Crippen molar-refractivity contribution in [3.05, 3.63) is 28.7 Å². The third-order valence-electron chi connectivity index (χ3n) is 4.62. The number of aromatic nitrogens is 4. The molecule has 1 saturated heterocycles. The summed E-state index contributed by atoms with van der Waals surface area (Å²) in [5, 5.41) is 4.07. The van der Waals surface area contributed by atoms with Gasteiger partial charge in [-0.15, -0.1) is 11.3 Å². The molecule has 0 radical (unpaired) electrons. The molecule has 130 valence electrons. The summed E-state index contributed by atoms with van der Waals surface area (Å²) >= 11 is 1.71. The van der Waals surface area contributed by atoms with Crippen molar-refractivity contribution in [3.63, 3.8) is 0 Å². The van der Waals surface area contributed by atoms with Gasteiger partial charge in [0.05, 0.1) is 11.2 Å². The van der Waals surface area contributed by atoms with Gasteiger partial charge in [0.1, 0.15) is 18.7 Å². The fourth-order valence-corrected chi connectivity index (χ4v) is 4.06. The van der Waals surface area contributed by atoms with Gasteiger partial charge in [0.2, 0.25) is 5.91 Å². The number of hydrogen-bond acceptors (Lipinski definition) is 6. The van der Waals surface area contributed by atoms with Gasteiger partial charge in [0.15, 0.2) is 0 Å². The molecule has 2 atom stereocenters. The van der Waals surface area contributed by atoms with E-state index in [1.807, 2.05) is 17.3 Å². The van der Waals surface area contributed by atoms with E-state index in [0.717, 1.165) is 38.3 Å². The van der Waals surface area contributed by atoms with Crippen molar-refractivity contribution < 1.29 is 4.79 Å². The smallest absolute Gasteiger partial charge is 0.247 e. The first-order valence-electron chi connectivity index (χ1n) is 8.25. The van der Waals surface area contributed by atoms with Crippen LogP contribution in [0.1, 0.15) is 30.0 Å². The molecule has 1 fully saturated rings. The maximum absolute atomic E-state index is 12.6. The second-order valence-electron chi connectivity index (χ2n) is 6.55. The molecule has 2 aromatic heterocycles. The Morgan fingerprint density at radius 3 is 3.04 bits per heavy atom. The fraction of sp³-hybridized carbons (Fsp3) is 0.625. The van der Waals surface area contributed by atoms with E-state index < -0.39 is 0 Å². The van der Waals surface area contributed by atoms with Crippen molar-refractivity contribution >= 4 is 17.2 Å². The molecule has 0 N–H and O–H groups in total. The molecule has 0 aliphatic carbocycles. The van der Waals surface area contributed by atoms with Crippen molar-refractivity contribution in [1.82, 2.24) is 29.5 Å². The van der Waals surface area contributed by atoms with Crippen molar-refractivity contribution in [3.8, 4) is 0 Å². The standard InChI is InChI=1S/C16H24N6OS/c1-12-15(24-11-18-12)8-20(3)6-14-4-5-21(7-14)16(23)13(2)22-10-17-9-19-22/h9-11,13-14H,4-8H2,1-3H3. The number of carbonyl (C=O) groups excluding carboxylic acids is 1. The highest BCUT2D eigenvalue weighted by Crippen LogP contribution is 2.22. The fourth-order valence-electron chi connectivity index (χ4n) is 3.21. The Morgan fingerprint density at radius 2 is 2.38 bits per heavy atom. The zero-order valence-electron chi connectivity index (χ0n) is 14.4. The van der Waals surface area contributed by atoms with Crippen molar-refractivity contribution in [2.24, 2.45) is 5.92 Å². The number of hydrogen-bond donors (Lipinski definition) is 0. The molecule has 1 aliphatic rings. The van der Waals surface area contributed by atoms with E-state index in [-0.39, 0.29) is 11.9 Å². The topological polar surface area (TPSA) is 67.2 Å². The first-order valence-corrected chi connectivity index (χ1v) is 9.13. The molecular weight excluding hydrogens is 324 g/mol. The molecule has 0 spiro atoms. The molecule has 8 heteroatoms. The maximum atomic E-state index is 12.6. The molecule has 7 nitrogen and oxygen atoms in total. The largest absolute Gasteiger partial charge is 0.341 e. The van der Waals surface area contributed by atoms with Gasteiger partial charge in [-0.05, 0) is 33.2 Å². The molecule has 0 saturated carbocycles. The van der Waals surface area contributed by atoms with Crippen molar-refractivity contribution in [1.29, 1.82) is 0 Å². The van der Waals surface area contributed by atoms with E-state index in [4.69, 9.17) is 0 Å². The first kappa shape index (κ1) is 17.0. The Kier molecular flexibility index (Phi) is 5.25. The van der Waals surface area contributed by atoms with Gasteiger partial charge < -0.3 is 9.80 Å². The van der Waals surface area contributed by atoms with E-state index in [1.54, 1.807) is 22.3 Å². The zero-order chi connectivity index (χ0) is 17.1. The molecule has 24 heavy (non-hydrogen) atoms. The minimum Gasteiger partial charge on any atom is -0.341 e. The van der Waals surface area contributed by atoms with Crippen LogP contribution in [0.25, 0.3) is 0 Å². The predicted molar refractivity (Wildman–Crippen MR) is 92.6 cm³/mol. The van der Waals surface area contributed by atoms with Crippen LogP contribution >= 0.6 is 11.3 Å². The highest BCUT2D eigenvalue weighted by molar-refractivity contribution is 7.09. The Morgan fingerprint density at radius 1 is 1.54 bits per heavy atom. The molecule has 1 aliphatic heterocycles. The Hall–Kier alpha value is -1.80. The second-order valence-corrected chi connectivity index (χ2v) is 7.49. The van der Waals surface area contributed by atoms with Crippen molar-refractivity contribution in [2.45, 2.75) is 32.9 Å². The van der Waals surface area contributed by atoms with Crippen LogP contribution < -0.4 is 0 Å². The Labute approximate surface area is 146 Å². The average Bonchev–Trinajstić information content (AvgIpc) is 3.29. The van der Waals surface area contributed by atoms with Gasteiger partial charge in [0.25, 0.3) is 0 Å². The lowest BCUT2D eigenvalue weighted by Gasteiger charge is -2.23. The highest BCUT2D eigenvalue weighted by atomic mass is 32.1. The van der Waals surface area contributed by atoms with Crippen LogP contribution in [0.5, 0.6) is 0 Å². The number of amides is 1. The minimum absolute atomic E-state index is 0.129. The molecule has 3 rings (SSSR count). The lowest BCUT2D eigenvalue weighted by atomic mass is 10.1. The SMILES string of the molecule is Cc1ncsc1CN(C)CC1CCN(C(=O)C(C)n2cncn2)C1. The van der Waals surface area contributed by atoms with Crippen LogP contribution in [0.3, 0.4) is 0 Å². The van der Waals surface area contributed by atoms with Gasteiger partial charge in [-0.3, -0.25) is 4.79 Å². The van der Waals surface area contributed by atoms with Gasteiger partial charge in [0, 0.05) is 31.1 Å². The predicted octanol–water partition coefficient (Wildman–Crippen LogP) is 1.58. The van der Waals surface area contributed by atoms with Gasteiger partial charge in [-0.1, -0.05) is 0 Å². The Balaban J connectivity index is 1.50. The van der Waals surface area contributed by atoms with Crippen LogP contribution in [0, 0.1) is 12.8 Å². The summed E-state index contributed by atoms with van der Waals surface area (Å²) in [6.45, 7) is 7.51. The van der Waals surface area contributed by atoms with Crippen molar-refractivity contribution in [2.75, 3.05) is 26.7 Å². The molecule has 0 aromatic carbocycles. The molecule has 2 unspecified atom stereocenters. The van der Waals surface area contributed by atoms with Gasteiger partial charge >= 0.3 is 0 Å². The molecule has 2 aromatic rings. The summed E-state index contributed by atoms with van der Waals surface area (Å²) in [5.74, 6) is 0.652. The third kappa shape index (κ3) is 3.81. The van der Waals surface area contributed by atoms with E-state index in [2.05, 4.69) is 33.9 Å². The molecule has 0 bridgehead atoms. The second kappa shape index (κ2) is 7.40. The summed E-state index contributed by atoms with van der Waals surface area (Å²) in [7, 11) is 2.14. The number of thiazole rings is 1. The molecular formula is C16H24N6OS. The van der Waals surface area contributed by atoms with E-state index in [9.17, 15) is 4.79 Å². The normalized spacial score (nSPS) is 19.2. The lowest BCUT2D eigenvalue weighted by Crippen LogP contribution is -2.36. The first-order chi connectivity index (χ1) is 11.5. The lowest BCUT2D eigenvalue weighted by molar-refractivity contribution is -0.133.